The number of aromatic nitrogens is 2. The average molecular weight is 320 g/mol. The molecule has 0 spiro atoms. The number of hydrogen-bond donors (Lipinski definition) is 1. The van der Waals surface area contributed by atoms with Gasteiger partial charge in [-0.15, -0.1) is 0 Å². The second-order valence-electron chi connectivity index (χ2n) is 5.04. The van der Waals surface area contributed by atoms with E-state index in [-0.39, 0.29) is 5.54 Å². The van der Waals surface area contributed by atoms with E-state index in [1.165, 1.54) is 0 Å². The molecule has 0 saturated carbocycles. The van der Waals surface area contributed by atoms with Gasteiger partial charge < -0.3 is 14.7 Å². The Kier molecular flexibility index (Phi) is 5.33. The molecule has 0 saturated heterocycles. The Labute approximate surface area is 117 Å². The summed E-state index contributed by atoms with van der Waals surface area (Å²) in [5.74, 6) is 0. The number of rotatable bonds is 6. The van der Waals surface area contributed by atoms with E-state index in [4.69, 9.17) is 4.74 Å². The van der Waals surface area contributed by atoms with Crippen molar-refractivity contribution in [2.45, 2.75) is 32.0 Å². The highest BCUT2D eigenvalue weighted by molar-refractivity contribution is 9.10. The van der Waals surface area contributed by atoms with Crippen molar-refractivity contribution in [3.05, 3.63) is 16.4 Å². The van der Waals surface area contributed by atoms with Gasteiger partial charge in [-0.25, -0.2) is 0 Å². The average Bonchev–Trinajstić information content (AvgIpc) is 2.66. The van der Waals surface area contributed by atoms with Crippen LogP contribution in [0, 0.1) is 0 Å². The standard InChI is InChI=1S/C12H22BrN3O2/c1-12(2,15(3)4)11(17)10-9(13)8-14-16(10)6-7-18-5/h8,11,17H,6-7H2,1-5H3. The molecule has 6 heteroatoms. The van der Waals surface area contributed by atoms with Gasteiger partial charge >= 0.3 is 0 Å². The van der Waals surface area contributed by atoms with E-state index in [0.29, 0.717) is 13.2 Å². The number of aliphatic hydroxyl groups is 1. The SMILES string of the molecule is COCCn1ncc(Br)c1C(O)C(C)(C)N(C)C. The third-order valence-electron chi connectivity index (χ3n) is 3.42. The normalized spacial score (nSPS) is 14.2. The van der Waals surface area contributed by atoms with E-state index < -0.39 is 6.10 Å². The van der Waals surface area contributed by atoms with Crippen LogP contribution in [-0.4, -0.2) is 53.1 Å². The molecule has 18 heavy (non-hydrogen) atoms. The zero-order valence-corrected chi connectivity index (χ0v) is 13.2. The molecular weight excluding hydrogens is 298 g/mol. The van der Waals surface area contributed by atoms with Crippen molar-refractivity contribution < 1.29 is 9.84 Å². The molecule has 0 aliphatic heterocycles. The molecule has 0 fully saturated rings. The van der Waals surface area contributed by atoms with Crippen LogP contribution in [0.2, 0.25) is 0 Å². The Morgan fingerprint density at radius 3 is 2.67 bits per heavy atom. The van der Waals surface area contributed by atoms with Crippen LogP contribution < -0.4 is 0 Å². The summed E-state index contributed by atoms with van der Waals surface area (Å²) >= 11 is 3.45. The molecule has 0 radical (unpaired) electrons. The van der Waals surface area contributed by atoms with Gasteiger partial charge in [-0.05, 0) is 43.9 Å². The minimum atomic E-state index is -0.638. The van der Waals surface area contributed by atoms with Crippen LogP contribution in [-0.2, 0) is 11.3 Å². The van der Waals surface area contributed by atoms with Crippen LogP contribution >= 0.6 is 15.9 Å². The summed E-state index contributed by atoms with van der Waals surface area (Å²) in [6.07, 6.45) is 1.07. The van der Waals surface area contributed by atoms with Crippen molar-refractivity contribution >= 4 is 15.9 Å². The fraction of sp³-hybridized carbons (Fsp3) is 0.750. The van der Waals surface area contributed by atoms with Crippen LogP contribution in [0.5, 0.6) is 0 Å². The smallest absolute Gasteiger partial charge is 0.114 e. The molecular formula is C12H22BrN3O2. The number of nitrogens with zero attached hydrogens (tertiary/aromatic N) is 3. The van der Waals surface area contributed by atoms with Crippen LogP contribution in [0.25, 0.3) is 0 Å². The Bertz CT molecular complexity index is 391. The maximum Gasteiger partial charge on any atom is 0.114 e. The lowest BCUT2D eigenvalue weighted by Crippen LogP contribution is -2.44. The highest BCUT2D eigenvalue weighted by Gasteiger charge is 2.34. The summed E-state index contributed by atoms with van der Waals surface area (Å²) in [7, 11) is 5.55. The molecule has 1 heterocycles. The number of ether oxygens (including phenoxy) is 1. The highest BCUT2D eigenvalue weighted by atomic mass is 79.9. The molecule has 0 aliphatic rings. The summed E-state index contributed by atoms with van der Waals surface area (Å²) < 4.78 is 7.66. The summed E-state index contributed by atoms with van der Waals surface area (Å²) in [6.45, 7) is 5.18. The van der Waals surface area contributed by atoms with E-state index in [0.717, 1.165) is 10.2 Å². The third-order valence-corrected chi connectivity index (χ3v) is 4.03. The monoisotopic (exact) mass is 319 g/mol. The summed E-state index contributed by atoms with van der Waals surface area (Å²) in [4.78, 5) is 2.00. The maximum atomic E-state index is 10.6. The van der Waals surface area contributed by atoms with Crippen molar-refractivity contribution in [2.24, 2.45) is 0 Å². The Hall–Kier alpha value is -0.430. The molecule has 1 atom stereocenters. The predicted molar refractivity (Wildman–Crippen MR) is 74.5 cm³/mol. The molecule has 1 aromatic heterocycles. The van der Waals surface area contributed by atoms with Gasteiger partial charge in [0.1, 0.15) is 6.10 Å². The summed E-state index contributed by atoms with van der Waals surface area (Å²) in [5, 5.41) is 14.9. The van der Waals surface area contributed by atoms with Gasteiger partial charge in [0.25, 0.3) is 0 Å². The Morgan fingerprint density at radius 2 is 2.17 bits per heavy atom. The zero-order valence-electron chi connectivity index (χ0n) is 11.6. The van der Waals surface area contributed by atoms with Crippen molar-refractivity contribution in [1.29, 1.82) is 0 Å². The third kappa shape index (κ3) is 3.12. The molecule has 0 amide bonds. The van der Waals surface area contributed by atoms with Crippen molar-refractivity contribution in [1.82, 2.24) is 14.7 Å². The van der Waals surface area contributed by atoms with E-state index in [2.05, 4.69) is 21.0 Å². The number of likely N-dealkylation sites (N-methyl/N-ethyl adjacent to an activating group) is 1. The van der Waals surface area contributed by atoms with Gasteiger partial charge in [-0.2, -0.15) is 5.10 Å². The second-order valence-corrected chi connectivity index (χ2v) is 5.90. The van der Waals surface area contributed by atoms with Gasteiger partial charge in [0, 0.05) is 12.6 Å². The minimum Gasteiger partial charge on any atom is -0.385 e. The molecule has 0 aromatic carbocycles. The Morgan fingerprint density at radius 1 is 1.56 bits per heavy atom. The molecule has 0 aliphatic carbocycles. The maximum absolute atomic E-state index is 10.6. The van der Waals surface area contributed by atoms with Crippen molar-refractivity contribution in [3.8, 4) is 0 Å². The molecule has 1 N–H and O–H groups in total. The molecule has 5 nitrogen and oxygen atoms in total. The van der Waals surface area contributed by atoms with Gasteiger partial charge in [-0.1, -0.05) is 0 Å². The van der Waals surface area contributed by atoms with E-state index in [1.54, 1.807) is 18.0 Å². The Balaban J connectivity index is 3.04. The molecule has 1 rings (SSSR count). The first-order chi connectivity index (χ1) is 8.32. The lowest BCUT2D eigenvalue weighted by Gasteiger charge is -2.37. The topological polar surface area (TPSA) is 50.5 Å². The van der Waals surface area contributed by atoms with Gasteiger partial charge in [0.2, 0.25) is 0 Å². The van der Waals surface area contributed by atoms with Crippen molar-refractivity contribution in [3.63, 3.8) is 0 Å². The van der Waals surface area contributed by atoms with E-state index in [9.17, 15) is 5.11 Å². The predicted octanol–water partition coefficient (Wildman–Crippen LogP) is 1.67. The fourth-order valence-corrected chi connectivity index (χ4v) is 2.09. The first-order valence-electron chi connectivity index (χ1n) is 5.88. The lowest BCUT2D eigenvalue weighted by molar-refractivity contribution is 0.00942. The van der Waals surface area contributed by atoms with Gasteiger partial charge in [-0.3, -0.25) is 4.68 Å². The number of aliphatic hydroxyl groups excluding tert-OH is 1. The quantitative estimate of drug-likeness (QED) is 0.866. The van der Waals surface area contributed by atoms with E-state index >= 15 is 0 Å². The second kappa shape index (κ2) is 6.14. The molecule has 104 valence electrons. The van der Waals surface area contributed by atoms with E-state index in [1.807, 2.05) is 32.8 Å². The largest absolute Gasteiger partial charge is 0.385 e. The molecule has 1 aromatic rings. The minimum absolute atomic E-state index is 0.382. The highest BCUT2D eigenvalue weighted by Crippen LogP contribution is 2.33. The van der Waals surface area contributed by atoms with Crippen molar-refractivity contribution in [2.75, 3.05) is 27.8 Å². The number of halogens is 1. The first-order valence-corrected chi connectivity index (χ1v) is 6.67. The number of methoxy groups -OCH3 is 1. The summed E-state index contributed by atoms with van der Waals surface area (Å²) in [5.41, 5.74) is 0.402. The van der Waals surface area contributed by atoms with Crippen LogP contribution in [0.4, 0.5) is 0 Å². The van der Waals surface area contributed by atoms with Gasteiger partial charge in [0.05, 0.1) is 29.5 Å². The van der Waals surface area contributed by atoms with Gasteiger partial charge in [0.15, 0.2) is 0 Å². The van der Waals surface area contributed by atoms with Crippen LogP contribution in [0.1, 0.15) is 25.6 Å². The molecule has 1 unspecified atom stereocenters. The number of hydrogen-bond acceptors (Lipinski definition) is 4. The lowest BCUT2D eigenvalue weighted by atomic mass is 9.93. The first kappa shape index (κ1) is 15.6. The van der Waals surface area contributed by atoms with Crippen LogP contribution in [0.15, 0.2) is 10.7 Å². The fourth-order valence-electron chi connectivity index (χ4n) is 1.58. The zero-order chi connectivity index (χ0) is 13.9. The summed E-state index contributed by atoms with van der Waals surface area (Å²) in [6, 6.07) is 0. The van der Waals surface area contributed by atoms with Crippen LogP contribution in [0.3, 0.4) is 0 Å². The molecule has 0 bridgehead atoms.